The van der Waals surface area contributed by atoms with Crippen molar-refractivity contribution in [1.82, 2.24) is 10.2 Å². The second kappa shape index (κ2) is 6.26. The Hall–Kier alpha value is -0.880. The van der Waals surface area contributed by atoms with Crippen LogP contribution in [0.15, 0.2) is 38.4 Å². The molecule has 106 valence electrons. The minimum Gasteiger partial charge on any atom is -0.359 e. The van der Waals surface area contributed by atoms with E-state index < -0.39 is 5.78 Å². The Balaban J connectivity index is 2.42. The Morgan fingerprint density at radius 2 is 2.10 bits per heavy atom. The lowest BCUT2D eigenvalue weighted by molar-refractivity contribution is -0.111. The van der Waals surface area contributed by atoms with E-state index in [1.165, 1.54) is 0 Å². The van der Waals surface area contributed by atoms with Gasteiger partial charge in [0.2, 0.25) is 5.78 Å². The Labute approximate surface area is 136 Å². The molecule has 0 fully saturated rings. The van der Waals surface area contributed by atoms with Crippen LogP contribution in [0.3, 0.4) is 0 Å². The van der Waals surface area contributed by atoms with Crippen LogP contribution in [0.5, 0.6) is 0 Å². The third-order valence-electron chi connectivity index (χ3n) is 2.74. The average Bonchev–Trinajstić information content (AvgIpc) is 2.47. The van der Waals surface area contributed by atoms with Gasteiger partial charge in [-0.05, 0) is 12.2 Å². The molecule has 0 spiro atoms. The van der Waals surface area contributed by atoms with Gasteiger partial charge in [-0.2, -0.15) is 0 Å². The Morgan fingerprint density at radius 3 is 2.75 bits per heavy atom. The molecule has 1 aliphatic heterocycles. The molecule has 0 bridgehead atoms. The van der Waals surface area contributed by atoms with Gasteiger partial charge in [0, 0.05) is 13.1 Å². The van der Waals surface area contributed by atoms with Crippen molar-refractivity contribution >= 4 is 63.6 Å². The summed E-state index contributed by atoms with van der Waals surface area (Å²) in [6, 6.07) is 0. The molecule has 0 radical (unpaired) electrons. The summed E-state index contributed by atoms with van der Waals surface area (Å²) in [4.78, 5) is 17.9. The maximum Gasteiger partial charge on any atom is 0.219 e. The summed E-state index contributed by atoms with van der Waals surface area (Å²) in [6.45, 7) is 5.10. The molecule has 0 amide bonds. The average molecular weight is 351 g/mol. The van der Waals surface area contributed by atoms with Crippen LogP contribution in [0.25, 0.3) is 0 Å². The van der Waals surface area contributed by atoms with E-state index in [9.17, 15) is 4.79 Å². The number of thiocarbonyl (C=S) groups is 1. The van der Waals surface area contributed by atoms with Crippen molar-refractivity contribution in [2.45, 2.75) is 0 Å². The Kier molecular flexibility index (Phi) is 4.86. The number of carbonyl (C=O) groups excluding carboxylic acids is 1. The first-order chi connectivity index (χ1) is 9.49. The van der Waals surface area contributed by atoms with Crippen molar-refractivity contribution in [3.05, 3.63) is 33.4 Å². The van der Waals surface area contributed by atoms with Crippen molar-refractivity contribution in [2.24, 2.45) is 4.99 Å². The molecule has 2 rings (SSSR count). The highest BCUT2D eigenvalue weighted by Crippen LogP contribution is 2.35. The maximum atomic E-state index is 11.9. The summed E-state index contributed by atoms with van der Waals surface area (Å²) >= 11 is 23.3. The van der Waals surface area contributed by atoms with Crippen LogP contribution in [0.2, 0.25) is 0 Å². The maximum absolute atomic E-state index is 11.9. The molecule has 20 heavy (non-hydrogen) atoms. The van der Waals surface area contributed by atoms with E-state index in [-0.39, 0.29) is 15.1 Å². The minimum atomic E-state index is -0.522. The number of aliphatic imine (C=N–C) groups is 1. The lowest BCUT2D eigenvalue weighted by atomic mass is 10.1. The number of hydrogen-bond donors (Lipinski definition) is 1. The summed E-state index contributed by atoms with van der Waals surface area (Å²) in [6.07, 6.45) is 1.68. The SMILES string of the molecule is C=CCNC(=S)N1CCN=C2C(Cl)=C(Cl)C(=O)C(Cl)=C21. The molecule has 0 aromatic heterocycles. The van der Waals surface area contributed by atoms with Crippen LogP contribution in [-0.4, -0.2) is 41.1 Å². The van der Waals surface area contributed by atoms with E-state index in [0.717, 1.165) is 0 Å². The van der Waals surface area contributed by atoms with Gasteiger partial charge in [-0.3, -0.25) is 9.79 Å². The van der Waals surface area contributed by atoms with Crippen LogP contribution < -0.4 is 5.32 Å². The van der Waals surface area contributed by atoms with Crippen molar-refractivity contribution in [3.8, 4) is 0 Å². The van der Waals surface area contributed by atoms with E-state index in [4.69, 9.17) is 47.0 Å². The van der Waals surface area contributed by atoms with Gasteiger partial charge in [0.25, 0.3) is 0 Å². The number of halogens is 3. The molecule has 0 aromatic carbocycles. The molecule has 0 aromatic rings. The molecular weight excluding hydrogens is 341 g/mol. The third-order valence-corrected chi connectivity index (χ3v) is 4.28. The zero-order valence-corrected chi connectivity index (χ0v) is 13.3. The lowest BCUT2D eigenvalue weighted by Crippen LogP contribution is -2.46. The fourth-order valence-corrected chi connectivity index (χ4v) is 2.86. The summed E-state index contributed by atoms with van der Waals surface area (Å²) in [5.74, 6) is -0.522. The number of nitrogens with one attached hydrogen (secondary N) is 1. The summed E-state index contributed by atoms with van der Waals surface area (Å²) in [7, 11) is 0. The number of rotatable bonds is 2. The van der Waals surface area contributed by atoms with Gasteiger partial charge < -0.3 is 10.2 Å². The van der Waals surface area contributed by atoms with Crippen LogP contribution in [0, 0.1) is 0 Å². The van der Waals surface area contributed by atoms with Gasteiger partial charge in [0.05, 0.1) is 17.3 Å². The van der Waals surface area contributed by atoms with E-state index in [1.807, 2.05) is 0 Å². The minimum absolute atomic E-state index is 0.0272. The van der Waals surface area contributed by atoms with Crippen molar-refractivity contribution in [1.29, 1.82) is 0 Å². The molecule has 8 heteroatoms. The highest BCUT2D eigenvalue weighted by molar-refractivity contribution is 7.80. The van der Waals surface area contributed by atoms with Crippen LogP contribution >= 0.6 is 47.0 Å². The van der Waals surface area contributed by atoms with Gasteiger partial charge in [-0.15, -0.1) is 6.58 Å². The molecular formula is C12H10Cl3N3OS. The molecule has 0 saturated carbocycles. The smallest absolute Gasteiger partial charge is 0.219 e. The Morgan fingerprint density at radius 1 is 1.40 bits per heavy atom. The number of allylic oxidation sites excluding steroid dienone is 3. The molecule has 1 N–H and O–H groups in total. The van der Waals surface area contributed by atoms with Gasteiger partial charge in [0.15, 0.2) is 5.11 Å². The first kappa shape index (κ1) is 15.5. The fourth-order valence-electron chi connectivity index (χ4n) is 1.84. The van der Waals surface area contributed by atoms with Crippen LogP contribution in [0.4, 0.5) is 0 Å². The molecule has 0 unspecified atom stereocenters. The Bertz CT molecular complexity index is 595. The zero-order chi connectivity index (χ0) is 14.9. The van der Waals surface area contributed by atoms with Gasteiger partial charge >= 0.3 is 0 Å². The number of ketones is 1. The first-order valence-electron chi connectivity index (χ1n) is 5.70. The van der Waals surface area contributed by atoms with Gasteiger partial charge in [0.1, 0.15) is 15.8 Å². The number of hydrogen-bond acceptors (Lipinski definition) is 3. The number of fused-ring (bicyclic) bond motifs is 1. The standard InChI is InChI=1S/C12H10Cl3N3OS/c1-2-3-17-12(20)18-5-4-16-9-6(13)7(14)11(19)8(15)10(9)18/h2H,1,3-5H2,(H,17,20). The molecule has 0 saturated heterocycles. The fraction of sp³-hybridized carbons (Fsp3) is 0.250. The van der Waals surface area contributed by atoms with Crippen molar-refractivity contribution in [2.75, 3.05) is 19.6 Å². The van der Waals surface area contributed by atoms with Crippen molar-refractivity contribution < 1.29 is 4.79 Å². The summed E-state index contributed by atoms with van der Waals surface area (Å²) in [5, 5.41) is 3.37. The predicted octanol–water partition coefficient (Wildman–Crippen LogP) is 2.53. The highest BCUT2D eigenvalue weighted by Gasteiger charge is 2.36. The number of Topliss-reactive ketones (excluding diaryl/α,β-unsaturated/α-hetero) is 1. The molecule has 0 atom stereocenters. The predicted molar refractivity (Wildman–Crippen MR) is 86.4 cm³/mol. The van der Waals surface area contributed by atoms with Gasteiger partial charge in [-0.25, -0.2) is 0 Å². The first-order valence-corrected chi connectivity index (χ1v) is 7.24. The highest BCUT2D eigenvalue weighted by atomic mass is 35.5. The molecule has 1 aliphatic carbocycles. The third kappa shape index (κ3) is 2.63. The second-order valence-electron chi connectivity index (χ2n) is 3.98. The van der Waals surface area contributed by atoms with Crippen LogP contribution in [0.1, 0.15) is 0 Å². The number of nitrogens with zero attached hydrogens (tertiary/aromatic N) is 2. The summed E-state index contributed by atoms with van der Waals surface area (Å²) in [5.41, 5.74) is 0.800. The van der Waals surface area contributed by atoms with Crippen LogP contribution in [-0.2, 0) is 4.79 Å². The summed E-state index contributed by atoms with van der Waals surface area (Å²) < 4.78 is 0. The molecule has 4 nitrogen and oxygen atoms in total. The normalized spacial score (nSPS) is 18.9. The molecule has 1 heterocycles. The van der Waals surface area contributed by atoms with E-state index in [0.29, 0.717) is 36.2 Å². The molecule has 2 aliphatic rings. The second-order valence-corrected chi connectivity index (χ2v) is 5.50. The largest absolute Gasteiger partial charge is 0.359 e. The number of carbonyl (C=O) groups is 1. The van der Waals surface area contributed by atoms with Gasteiger partial charge in [-0.1, -0.05) is 40.9 Å². The topological polar surface area (TPSA) is 44.7 Å². The zero-order valence-electron chi connectivity index (χ0n) is 10.3. The van der Waals surface area contributed by atoms with E-state index in [1.54, 1.807) is 11.0 Å². The lowest BCUT2D eigenvalue weighted by Gasteiger charge is -2.33. The van der Waals surface area contributed by atoms with Crippen molar-refractivity contribution in [3.63, 3.8) is 0 Å². The quantitative estimate of drug-likeness (QED) is 0.472. The van der Waals surface area contributed by atoms with E-state index in [2.05, 4.69) is 16.9 Å². The van der Waals surface area contributed by atoms with E-state index >= 15 is 0 Å². The monoisotopic (exact) mass is 349 g/mol.